The van der Waals surface area contributed by atoms with Crippen LogP contribution in [0.3, 0.4) is 0 Å². The van der Waals surface area contributed by atoms with Gasteiger partial charge in [0.05, 0.1) is 6.04 Å². The van der Waals surface area contributed by atoms with Crippen molar-refractivity contribution in [2.45, 2.75) is 25.3 Å². The van der Waals surface area contributed by atoms with Gasteiger partial charge in [0.1, 0.15) is 5.56 Å². The molecule has 0 unspecified atom stereocenters. The normalized spacial score (nSPS) is 16.9. The Balaban J connectivity index is 1.48. The van der Waals surface area contributed by atoms with Gasteiger partial charge in [0.15, 0.2) is 12.4 Å². The zero-order chi connectivity index (χ0) is 17.6. The Kier molecular flexibility index (Phi) is 5.28. The Morgan fingerprint density at radius 3 is 2.80 bits per heavy atom. The van der Waals surface area contributed by atoms with Gasteiger partial charge in [0.25, 0.3) is 5.91 Å². The van der Waals surface area contributed by atoms with Crippen LogP contribution in [0.2, 0.25) is 0 Å². The fraction of sp³-hybridized carbons (Fsp3) is 0.316. The molecule has 1 fully saturated rings. The third kappa shape index (κ3) is 4.56. The molecule has 3 rings (SSSR count). The molecule has 1 aromatic heterocycles. The Morgan fingerprint density at radius 2 is 2.04 bits per heavy atom. The van der Waals surface area contributed by atoms with Gasteiger partial charge < -0.3 is 15.4 Å². The van der Waals surface area contributed by atoms with Gasteiger partial charge in [-0.25, -0.2) is 0 Å². The van der Waals surface area contributed by atoms with Crippen molar-refractivity contribution < 1.29 is 14.3 Å². The predicted octanol–water partition coefficient (Wildman–Crippen LogP) is 1.28. The summed E-state index contributed by atoms with van der Waals surface area (Å²) in [6, 6.07) is 13.1. The number of rotatable bonds is 6. The summed E-state index contributed by atoms with van der Waals surface area (Å²) in [5, 5.41) is 14.1. The first kappa shape index (κ1) is 17.0. The molecule has 1 aliphatic heterocycles. The lowest BCUT2D eigenvalue weighted by molar-refractivity contribution is -0.605. The summed E-state index contributed by atoms with van der Waals surface area (Å²) in [4.78, 5) is 26.1. The van der Waals surface area contributed by atoms with E-state index in [0.29, 0.717) is 29.8 Å². The molecule has 1 atom stereocenters. The van der Waals surface area contributed by atoms with Crippen LogP contribution in [0.25, 0.3) is 0 Å². The molecule has 0 aliphatic carbocycles. The number of benzene rings is 1. The first-order valence-corrected chi connectivity index (χ1v) is 8.43. The molecule has 1 aliphatic rings. The van der Waals surface area contributed by atoms with Crippen LogP contribution >= 0.6 is 0 Å². The quantitative estimate of drug-likeness (QED) is 0.636. The van der Waals surface area contributed by atoms with E-state index in [0.717, 1.165) is 12.8 Å². The number of pyridine rings is 1. The number of nitrogens with zero attached hydrogens (tertiary/aromatic N) is 2. The monoisotopic (exact) mass is 339 g/mol. The van der Waals surface area contributed by atoms with Crippen LogP contribution in [0, 0.1) is 5.21 Å². The maximum absolute atomic E-state index is 12.2. The summed E-state index contributed by atoms with van der Waals surface area (Å²) in [5.74, 6) is -0.264. The van der Waals surface area contributed by atoms with Crippen LogP contribution < -0.4 is 10.0 Å². The fourth-order valence-electron chi connectivity index (χ4n) is 3.06. The summed E-state index contributed by atoms with van der Waals surface area (Å²) in [5.41, 5.74) is 1.56. The smallest absolute Gasteiger partial charge is 0.257 e. The Labute approximate surface area is 146 Å². The van der Waals surface area contributed by atoms with E-state index in [4.69, 9.17) is 0 Å². The zero-order valence-corrected chi connectivity index (χ0v) is 13.9. The number of likely N-dealkylation sites (tertiary alicyclic amines) is 1. The van der Waals surface area contributed by atoms with Gasteiger partial charge in [-0.1, -0.05) is 30.3 Å². The van der Waals surface area contributed by atoms with E-state index in [1.165, 1.54) is 24.0 Å². The predicted molar refractivity (Wildman–Crippen MR) is 92.6 cm³/mol. The Hall–Kier alpha value is -2.89. The molecule has 1 N–H and O–H groups in total. The highest BCUT2D eigenvalue weighted by molar-refractivity contribution is 5.94. The maximum Gasteiger partial charge on any atom is 0.257 e. The second kappa shape index (κ2) is 7.79. The van der Waals surface area contributed by atoms with E-state index in [2.05, 4.69) is 17.4 Å². The second-order valence-electron chi connectivity index (χ2n) is 6.26. The number of carbonyl (C=O) groups is 2. The van der Waals surface area contributed by atoms with Crippen LogP contribution in [0.15, 0.2) is 54.9 Å². The minimum Gasteiger partial charge on any atom is -0.619 e. The molecule has 6 heteroatoms. The maximum atomic E-state index is 12.2. The molecule has 6 nitrogen and oxygen atoms in total. The average Bonchev–Trinajstić information content (AvgIpc) is 2.95. The topological polar surface area (TPSA) is 76.4 Å². The van der Waals surface area contributed by atoms with Gasteiger partial charge in [0.2, 0.25) is 5.91 Å². The highest BCUT2D eigenvalue weighted by atomic mass is 16.5. The molecule has 2 amide bonds. The summed E-state index contributed by atoms with van der Waals surface area (Å²) in [7, 11) is 0. The van der Waals surface area contributed by atoms with Crippen molar-refractivity contribution in [2.24, 2.45) is 0 Å². The lowest BCUT2D eigenvalue weighted by Gasteiger charge is -2.17. The van der Waals surface area contributed by atoms with Crippen molar-refractivity contribution in [3.05, 3.63) is 71.2 Å². The summed E-state index contributed by atoms with van der Waals surface area (Å²) in [6.07, 6.45) is 4.68. The van der Waals surface area contributed by atoms with Crippen LogP contribution in [0.5, 0.6) is 0 Å². The summed E-state index contributed by atoms with van der Waals surface area (Å²) in [6.45, 7) is 1.20. The molecule has 1 saturated heterocycles. The second-order valence-corrected chi connectivity index (χ2v) is 6.26. The first-order valence-electron chi connectivity index (χ1n) is 8.43. The van der Waals surface area contributed by atoms with Crippen molar-refractivity contribution in [3.63, 3.8) is 0 Å². The molecule has 2 aromatic rings. The van der Waals surface area contributed by atoms with Crippen molar-refractivity contribution in [3.8, 4) is 0 Å². The Bertz CT molecular complexity index is 749. The van der Waals surface area contributed by atoms with Gasteiger partial charge in [0, 0.05) is 25.6 Å². The molecular formula is C19H21N3O3. The van der Waals surface area contributed by atoms with E-state index in [9.17, 15) is 14.8 Å². The zero-order valence-electron chi connectivity index (χ0n) is 13.9. The molecule has 0 radical (unpaired) electrons. The average molecular weight is 339 g/mol. The largest absolute Gasteiger partial charge is 0.619 e. The highest BCUT2D eigenvalue weighted by Gasteiger charge is 2.30. The van der Waals surface area contributed by atoms with E-state index in [-0.39, 0.29) is 17.9 Å². The molecule has 130 valence electrons. The number of nitrogens with one attached hydrogen (secondary N) is 1. The standard InChI is InChI=1S/C19H21N3O3/c23-18-12-17(20-19(24)16-9-5-11-22(25)13-16)14-21(18)10-4-8-15-6-2-1-3-7-15/h1-3,5-7,9,11,13,17H,4,8,10,12,14H2,(H,20,24)/t17-/m0/s1. The van der Waals surface area contributed by atoms with Crippen LogP contribution in [0.1, 0.15) is 28.8 Å². The number of carbonyl (C=O) groups excluding carboxylic acids is 2. The van der Waals surface area contributed by atoms with Gasteiger partial charge in [-0.05, 0) is 24.5 Å². The molecule has 0 bridgehead atoms. The third-order valence-electron chi connectivity index (χ3n) is 4.32. The van der Waals surface area contributed by atoms with E-state index in [1.54, 1.807) is 11.0 Å². The molecular weight excluding hydrogens is 318 g/mol. The van der Waals surface area contributed by atoms with E-state index < -0.39 is 0 Å². The van der Waals surface area contributed by atoms with Crippen LogP contribution in [-0.4, -0.2) is 35.8 Å². The Morgan fingerprint density at radius 1 is 1.24 bits per heavy atom. The SMILES string of the molecule is O=C(N[C@H]1CC(=O)N(CCCc2ccccc2)C1)c1ccc[n+]([O-])c1. The molecule has 2 heterocycles. The minimum atomic E-state index is -0.325. The number of aryl methyl sites for hydroxylation is 1. The van der Waals surface area contributed by atoms with E-state index >= 15 is 0 Å². The number of aromatic nitrogens is 1. The number of hydrogen-bond acceptors (Lipinski definition) is 3. The van der Waals surface area contributed by atoms with Crippen molar-refractivity contribution in [2.75, 3.05) is 13.1 Å². The van der Waals surface area contributed by atoms with Gasteiger partial charge in [-0.2, -0.15) is 4.73 Å². The molecule has 0 saturated carbocycles. The van der Waals surface area contributed by atoms with Gasteiger partial charge in [-0.3, -0.25) is 9.59 Å². The van der Waals surface area contributed by atoms with Crippen LogP contribution in [0.4, 0.5) is 0 Å². The van der Waals surface area contributed by atoms with Crippen molar-refractivity contribution in [1.82, 2.24) is 10.2 Å². The molecule has 25 heavy (non-hydrogen) atoms. The lowest BCUT2D eigenvalue weighted by Crippen LogP contribution is -2.38. The van der Waals surface area contributed by atoms with Crippen molar-refractivity contribution in [1.29, 1.82) is 0 Å². The highest BCUT2D eigenvalue weighted by Crippen LogP contribution is 2.13. The first-order chi connectivity index (χ1) is 12.1. The molecule has 0 spiro atoms. The summed E-state index contributed by atoms with van der Waals surface area (Å²) < 4.78 is 0.588. The van der Waals surface area contributed by atoms with Gasteiger partial charge >= 0.3 is 0 Å². The van der Waals surface area contributed by atoms with E-state index in [1.807, 2.05) is 18.2 Å². The number of amides is 2. The minimum absolute atomic E-state index is 0.0605. The lowest BCUT2D eigenvalue weighted by atomic mass is 10.1. The summed E-state index contributed by atoms with van der Waals surface area (Å²) >= 11 is 0. The van der Waals surface area contributed by atoms with Crippen LogP contribution in [-0.2, 0) is 11.2 Å². The fourth-order valence-corrected chi connectivity index (χ4v) is 3.06. The van der Waals surface area contributed by atoms with Gasteiger partial charge in [-0.15, -0.1) is 0 Å². The molecule has 1 aromatic carbocycles. The van der Waals surface area contributed by atoms with Crippen molar-refractivity contribution >= 4 is 11.8 Å². The number of hydrogen-bond donors (Lipinski definition) is 1. The third-order valence-corrected chi connectivity index (χ3v) is 4.32.